The highest BCUT2D eigenvalue weighted by atomic mass is 16.7. The van der Waals surface area contributed by atoms with E-state index in [1.54, 1.807) is 12.0 Å². The number of methoxy groups -OCH3 is 2. The first-order valence-corrected chi connectivity index (χ1v) is 6.23. The van der Waals surface area contributed by atoms with Gasteiger partial charge >= 0.3 is 6.09 Å². The molecule has 6 heteroatoms. The summed E-state index contributed by atoms with van der Waals surface area (Å²) in [5.74, 6) is 0. The topological polar surface area (TPSA) is 68.2 Å². The van der Waals surface area contributed by atoms with Gasteiger partial charge in [-0.25, -0.2) is 4.79 Å². The highest BCUT2D eigenvalue weighted by molar-refractivity contribution is 5.68. The van der Waals surface area contributed by atoms with Crippen LogP contribution < -0.4 is 0 Å². The normalized spacial score (nSPS) is 28.2. The van der Waals surface area contributed by atoms with Crippen LogP contribution in [0.4, 0.5) is 4.79 Å². The van der Waals surface area contributed by atoms with Gasteiger partial charge in [-0.1, -0.05) is 0 Å². The number of piperidine rings is 1. The van der Waals surface area contributed by atoms with Crippen molar-refractivity contribution in [2.45, 2.75) is 44.4 Å². The smallest absolute Gasteiger partial charge is 0.410 e. The van der Waals surface area contributed by atoms with Gasteiger partial charge in [0.1, 0.15) is 6.79 Å². The molecule has 1 rings (SSSR count). The maximum Gasteiger partial charge on any atom is 0.410 e. The maximum absolute atomic E-state index is 11.8. The molecule has 0 saturated carbocycles. The Morgan fingerprint density at radius 1 is 1.39 bits per heavy atom. The molecule has 6 nitrogen and oxygen atoms in total. The van der Waals surface area contributed by atoms with Gasteiger partial charge in [0, 0.05) is 19.8 Å². The lowest BCUT2D eigenvalue weighted by Crippen LogP contribution is -2.55. The Balaban J connectivity index is 2.70. The second-order valence-corrected chi connectivity index (χ2v) is 4.47. The first-order chi connectivity index (χ1) is 8.65. The summed E-state index contributed by atoms with van der Waals surface area (Å²) >= 11 is 0. The Labute approximate surface area is 108 Å². The second-order valence-electron chi connectivity index (χ2n) is 4.47. The zero-order valence-corrected chi connectivity index (χ0v) is 11.3. The summed E-state index contributed by atoms with van der Waals surface area (Å²) in [5.41, 5.74) is 0. The minimum absolute atomic E-state index is 0.0137. The van der Waals surface area contributed by atoms with E-state index in [-0.39, 0.29) is 37.7 Å². The molecule has 0 aromatic carbocycles. The number of carbonyl (C=O) groups excluding carboxylic acids is 1. The van der Waals surface area contributed by atoms with Crippen molar-refractivity contribution in [3.8, 4) is 0 Å². The molecule has 1 saturated heterocycles. The summed E-state index contributed by atoms with van der Waals surface area (Å²) in [7, 11) is 2.94. The predicted octanol–water partition coefficient (Wildman–Crippen LogP) is 0.977. The lowest BCUT2D eigenvalue weighted by atomic mass is 9.92. The summed E-state index contributed by atoms with van der Waals surface area (Å²) in [5, 5.41) is 9.05. The van der Waals surface area contributed by atoms with Crippen LogP contribution in [0.5, 0.6) is 0 Å². The van der Waals surface area contributed by atoms with E-state index < -0.39 is 0 Å². The van der Waals surface area contributed by atoms with Gasteiger partial charge in [0.2, 0.25) is 0 Å². The molecule has 1 fully saturated rings. The van der Waals surface area contributed by atoms with E-state index in [1.165, 1.54) is 7.11 Å². The van der Waals surface area contributed by atoms with E-state index in [9.17, 15) is 4.79 Å². The third kappa shape index (κ3) is 3.57. The van der Waals surface area contributed by atoms with Crippen LogP contribution in [0.15, 0.2) is 0 Å². The molecule has 0 spiro atoms. The zero-order chi connectivity index (χ0) is 13.5. The van der Waals surface area contributed by atoms with Gasteiger partial charge in [-0.15, -0.1) is 0 Å². The Kier molecular flexibility index (Phi) is 6.38. The summed E-state index contributed by atoms with van der Waals surface area (Å²) in [6, 6.07) is -0.0715. The Hall–Kier alpha value is -0.850. The van der Waals surface area contributed by atoms with Crippen molar-refractivity contribution in [1.82, 2.24) is 4.90 Å². The average molecular weight is 261 g/mol. The molecule has 0 radical (unpaired) electrons. The van der Waals surface area contributed by atoms with Gasteiger partial charge in [0.15, 0.2) is 0 Å². The molecule has 0 bridgehead atoms. The van der Waals surface area contributed by atoms with Crippen LogP contribution in [0.2, 0.25) is 0 Å². The largest absolute Gasteiger partial charge is 0.453 e. The highest BCUT2D eigenvalue weighted by Crippen LogP contribution is 2.27. The van der Waals surface area contributed by atoms with Crippen molar-refractivity contribution >= 4 is 6.09 Å². The number of nitrogens with zero attached hydrogens (tertiary/aromatic N) is 1. The number of likely N-dealkylation sites (tertiary alicyclic amines) is 1. The van der Waals surface area contributed by atoms with Crippen LogP contribution in [0.1, 0.15) is 26.2 Å². The Morgan fingerprint density at radius 2 is 2.11 bits per heavy atom. The molecular weight excluding hydrogens is 238 g/mol. The molecule has 1 heterocycles. The van der Waals surface area contributed by atoms with E-state index in [2.05, 4.69) is 0 Å². The number of hydrogen-bond acceptors (Lipinski definition) is 5. The SMILES string of the molecule is COCO[C@@H]1CC[C@H](CCO)N(C(=O)OC)[C@@H]1C. The molecule has 0 unspecified atom stereocenters. The van der Waals surface area contributed by atoms with E-state index in [0.29, 0.717) is 6.42 Å². The number of carbonyl (C=O) groups is 1. The number of aliphatic hydroxyl groups excluding tert-OH is 1. The summed E-state index contributed by atoms with van der Waals surface area (Å²) in [6.45, 7) is 2.21. The number of amides is 1. The number of hydrogen-bond donors (Lipinski definition) is 1. The predicted molar refractivity (Wildman–Crippen MR) is 65.2 cm³/mol. The molecule has 1 amide bonds. The number of rotatable bonds is 5. The van der Waals surface area contributed by atoms with E-state index in [0.717, 1.165) is 12.8 Å². The van der Waals surface area contributed by atoms with Crippen molar-refractivity contribution in [3.63, 3.8) is 0 Å². The zero-order valence-electron chi connectivity index (χ0n) is 11.3. The molecular formula is C12H23NO5. The molecule has 1 aliphatic rings. The monoisotopic (exact) mass is 261 g/mol. The van der Waals surface area contributed by atoms with E-state index in [1.807, 2.05) is 6.92 Å². The fourth-order valence-corrected chi connectivity index (χ4v) is 2.48. The second kappa shape index (κ2) is 7.56. The van der Waals surface area contributed by atoms with Gasteiger partial charge in [0.25, 0.3) is 0 Å². The fraction of sp³-hybridized carbons (Fsp3) is 0.917. The van der Waals surface area contributed by atoms with E-state index in [4.69, 9.17) is 19.3 Å². The van der Waals surface area contributed by atoms with Gasteiger partial charge in [0.05, 0.1) is 19.3 Å². The van der Waals surface area contributed by atoms with Gasteiger partial charge < -0.3 is 19.3 Å². The third-order valence-corrected chi connectivity index (χ3v) is 3.40. The van der Waals surface area contributed by atoms with Crippen molar-refractivity contribution < 1.29 is 24.1 Å². The maximum atomic E-state index is 11.8. The quantitative estimate of drug-likeness (QED) is 0.747. The first kappa shape index (κ1) is 15.2. The van der Waals surface area contributed by atoms with Gasteiger partial charge in [-0.05, 0) is 26.2 Å². The molecule has 0 aromatic rings. The lowest BCUT2D eigenvalue weighted by Gasteiger charge is -2.43. The molecule has 106 valence electrons. The van der Waals surface area contributed by atoms with E-state index >= 15 is 0 Å². The standard InChI is InChI=1S/C12H23NO5/c1-9-11(18-8-16-2)5-4-10(6-7-14)13(9)12(15)17-3/h9-11,14H,4-8H2,1-3H3/t9-,10-,11-/m1/s1. The average Bonchev–Trinajstić information content (AvgIpc) is 2.37. The van der Waals surface area contributed by atoms with Crippen LogP contribution in [-0.2, 0) is 14.2 Å². The van der Waals surface area contributed by atoms with Crippen molar-refractivity contribution in [1.29, 1.82) is 0 Å². The van der Waals surface area contributed by atoms with Gasteiger partial charge in [-0.3, -0.25) is 4.90 Å². The van der Waals surface area contributed by atoms with Crippen LogP contribution in [0, 0.1) is 0 Å². The van der Waals surface area contributed by atoms with Crippen molar-refractivity contribution in [3.05, 3.63) is 0 Å². The van der Waals surface area contributed by atoms with Gasteiger partial charge in [-0.2, -0.15) is 0 Å². The Morgan fingerprint density at radius 3 is 2.67 bits per heavy atom. The minimum atomic E-state index is -0.369. The highest BCUT2D eigenvalue weighted by Gasteiger charge is 2.38. The lowest BCUT2D eigenvalue weighted by molar-refractivity contribution is -0.116. The summed E-state index contributed by atoms with van der Waals surface area (Å²) in [6.07, 6.45) is 1.79. The van der Waals surface area contributed by atoms with Crippen molar-refractivity contribution in [2.24, 2.45) is 0 Å². The van der Waals surface area contributed by atoms with Crippen molar-refractivity contribution in [2.75, 3.05) is 27.6 Å². The number of aliphatic hydroxyl groups is 1. The fourth-order valence-electron chi connectivity index (χ4n) is 2.48. The molecule has 1 N–H and O–H groups in total. The number of ether oxygens (including phenoxy) is 3. The first-order valence-electron chi connectivity index (χ1n) is 6.23. The molecule has 18 heavy (non-hydrogen) atoms. The summed E-state index contributed by atoms with van der Waals surface area (Å²) in [4.78, 5) is 13.5. The molecule has 0 aliphatic carbocycles. The van der Waals surface area contributed by atoms with Crippen LogP contribution in [0.25, 0.3) is 0 Å². The Bertz CT molecular complexity index is 261. The van der Waals surface area contributed by atoms with Crippen LogP contribution in [-0.4, -0.2) is 61.9 Å². The summed E-state index contributed by atoms with van der Waals surface area (Å²) < 4.78 is 15.3. The minimum Gasteiger partial charge on any atom is -0.453 e. The molecule has 0 aromatic heterocycles. The van der Waals surface area contributed by atoms with Crippen LogP contribution in [0.3, 0.4) is 0 Å². The molecule has 3 atom stereocenters. The van der Waals surface area contributed by atoms with Crippen LogP contribution >= 0.6 is 0 Å². The molecule has 1 aliphatic heterocycles. The third-order valence-electron chi connectivity index (χ3n) is 3.40.